The second kappa shape index (κ2) is 4.03. The van der Waals surface area contributed by atoms with Crippen molar-refractivity contribution in [3.8, 4) is 0 Å². The van der Waals surface area contributed by atoms with Crippen LogP contribution in [0.4, 0.5) is 0 Å². The van der Waals surface area contributed by atoms with Crippen LogP contribution in [0.2, 0.25) is 0 Å². The predicted molar refractivity (Wildman–Crippen MR) is 87.4 cm³/mol. The molecule has 0 unspecified atom stereocenters. The molecule has 2 fully saturated rings. The van der Waals surface area contributed by atoms with Crippen molar-refractivity contribution in [2.24, 2.45) is 5.41 Å². The molecule has 4 aliphatic heterocycles. The molecule has 1 amide bonds. The molecule has 2 saturated heterocycles. The molecule has 5 heterocycles. The van der Waals surface area contributed by atoms with E-state index in [1.807, 2.05) is 4.90 Å². The quantitative estimate of drug-likeness (QED) is 0.874. The Bertz CT molecular complexity index is 903. The number of hydrogen-bond acceptors (Lipinski definition) is 3. The molecule has 1 aromatic carbocycles. The van der Waals surface area contributed by atoms with Gasteiger partial charge in [-0.05, 0) is 24.5 Å². The molecular weight excluding hydrogens is 304 g/mol. The lowest BCUT2D eigenvalue weighted by Crippen LogP contribution is -2.63. The normalized spacial score (nSPS) is 38.9. The fourth-order valence-electron chi connectivity index (χ4n) is 5.99. The molecule has 6 rings (SSSR count). The molecule has 1 aromatic heterocycles. The number of nitrogens with zero attached hydrogens (tertiary/aromatic N) is 2. The number of amides is 1. The van der Waals surface area contributed by atoms with Gasteiger partial charge in [0.05, 0.1) is 11.6 Å². The largest absolute Gasteiger partial charge is 0.380 e. The van der Waals surface area contributed by atoms with E-state index in [1.54, 1.807) is 0 Å². The zero-order chi connectivity index (χ0) is 16.2. The highest BCUT2D eigenvalue weighted by Crippen LogP contribution is 2.65. The van der Waals surface area contributed by atoms with Gasteiger partial charge in [0.1, 0.15) is 12.3 Å². The van der Waals surface area contributed by atoms with Crippen molar-refractivity contribution in [3.05, 3.63) is 35.5 Å². The van der Waals surface area contributed by atoms with Gasteiger partial charge in [0, 0.05) is 29.5 Å². The monoisotopic (exact) mass is 324 g/mol. The van der Waals surface area contributed by atoms with Gasteiger partial charge in [-0.15, -0.1) is 0 Å². The van der Waals surface area contributed by atoms with Crippen LogP contribution < -0.4 is 0 Å². The first kappa shape index (κ1) is 13.4. The second-order valence-corrected chi connectivity index (χ2v) is 7.68. The lowest BCUT2D eigenvalue weighted by Gasteiger charge is -2.54. The lowest BCUT2D eigenvalue weighted by atomic mass is 9.63. The van der Waals surface area contributed by atoms with Crippen molar-refractivity contribution in [3.63, 3.8) is 0 Å². The molecule has 2 aromatic rings. The van der Waals surface area contributed by atoms with E-state index in [4.69, 9.17) is 4.74 Å². The van der Waals surface area contributed by atoms with Crippen LogP contribution in [0.1, 0.15) is 43.3 Å². The number of aromatic nitrogens is 1. The number of para-hydroxylation sites is 1. The maximum atomic E-state index is 12.8. The number of aliphatic hydroxyl groups excluding tert-OH is 1. The molecule has 0 saturated carbocycles. The molecular formula is C19H20N2O3. The predicted octanol–water partition coefficient (Wildman–Crippen LogP) is 2.14. The summed E-state index contributed by atoms with van der Waals surface area (Å²) in [6.45, 7) is 2.87. The Labute approximate surface area is 139 Å². The summed E-state index contributed by atoms with van der Waals surface area (Å²) < 4.78 is 8.64. The highest BCUT2D eigenvalue weighted by atomic mass is 16.5. The van der Waals surface area contributed by atoms with Crippen LogP contribution in [0.25, 0.3) is 10.9 Å². The van der Waals surface area contributed by atoms with Crippen molar-refractivity contribution in [2.75, 3.05) is 6.54 Å². The van der Waals surface area contributed by atoms with Crippen LogP contribution in [0, 0.1) is 5.41 Å². The van der Waals surface area contributed by atoms with Gasteiger partial charge in [-0.25, -0.2) is 0 Å². The number of aliphatic hydroxyl groups is 1. The van der Waals surface area contributed by atoms with Crippen molar-refractivity contribution in [1.29, 1.82) is 0 Å². The summed E-state index contributed by atoms with van der Waals surface area (Å²) in [6, 6.07) is 8.54. The second-order valence-electron chi connectivity index (χ2n) is 7.68. The highest BCUT2D eigenvalue weighted by Gasteiger charge is 2.67. The molecule has 124 valence electrons. The standard InChI is InChI=1S/C19H20N2O3/c1-2-19-9-13-21-12-6-4-3-5-10(12)11-7-8-20(16(19)14(11)21)18(23)15(22)17(19)24-13/h3-6,13,15-17,22H,2,7-9H2,1H3/t13-,15+,16+,17+,19-/m0/s1. The lowest BCUT2D eigenvalue weighted by molar-refractivity contribution is -0.177. The number of ether oxygens (including phenoxy) is 1. The summed E-state index contributed by atoms with van der Waals surface area (Å²) >= 11 is 0. The summed E-state index contributed by atoms with van der Waals surface area (Å²) in [6.07, 6.45) is 1.18. The van der Waals surface area contributed by atoms with Gasteiger partial charge in [-0.1, -0.05) is 25.1 Å². The maximum Gasteiger partial charge on any atom is 0.254 e. The number of benzene rings is 1. The first-order chi connectivity index (χ1) is 11.7. The topological polar surface area (TPSA) is 54.7 Å². The van der Waals surface area contributed by atoms with Gasteiger partial charge in [0.15, 0.2) is 6.10 Å². The van der Waals surface area contributed by atoms with Crippen LogP contribution in [-0.4, -0.2) is 39.2 Å². The van der Waals surface area contributed by atoms with E-state index in [0.717, 1.165) is 19.3 Å². The molecule has 5 heteroatoms. The van der Waals surface area contributed by atoms with Crippen molar-refractivity contribution >= 4 is 16.8 Å². The number of hydrogen-bond donors (Lipinski definition) is 1. The first-order valence-electron chi connectivity index (χ1n) is 8.93. The Morgan fingerprint density at radius 2 is 2.21 bits per heavy atom. The minimum absolute atomic E-state index is 0.0401. The minimum Gasteiger partial charge on any atom is -0.380 e. The number of carbonyl (C=O) groups is 1. The molecule has 5 atom stereocenters. The average molecular weight is 324 g/mol. The van der Waals surface area contributed by atoms with Crippen LogP contribution >= 0.6 is 0 Å². The molecule has 24 heavy (non-hydrogen) atoms. The Kier molecular flexibility index (Phi) is 2.26. The molecule has 4 aliphatic rings. The average Bonchev–Trinajstić information content (AvgIpc) is 3.13. The Morgan fingerprint density at radius 1 is 1.38 bits per heavy atom. The molecule has 1 N–H and O–H groups in total. The summed E-state index contributed by atoms with van der Waals surface area (Å²) in [5.41, 5.74) is 3.69. The van der Waals surface area contributed by atoms with Gasteiger partial charge >= 0.3 is 0 Å². The number of piperidine rings is 1. The zero-order valence-electron chi connectivity index (χ0n) is 13.6. The van der Waals surface area contributed by atoms with E-state index in [1.165, 1.54) is 22.2 Å². The van der Waals surface area contributed by atoms with E-state index < -0.39 is 6.10 Å². The summed E-state index contributed by atoms with van der Waals surface area (Å²) in [4.78, 5) is 14.7. The third-order valence-electron chi connectivity index (χ3n) is 6.97. The summed E-state index contributed by atoms with van der Waals surface area (Å²) in [7, 11) is 0. The van der Waals surface area contributed by atoms with Crippen molar-refractivity contribution in [2.45, 2.75) is 50.7 Å². The van der Waals surface area contributed by atoms with Gasteiger partial charge in [0.25, 0.3) is 5.91 Å². The van der Waals surface area contributed by atoms with E-state index >= 15 is 0 Å². The Hall–Kier alpha value is -1.85. The van der Waals surface area contributed by atoms with Gasteiger partial charge in [0.2, 0.25) is 0 Å². The third kappa shape index (κ3) is 1.21. The van der Waals surface area contributed by atoms with Gasteiger partial charge < -0.3 is 19.3 Å². The van der Waals surface area contributed by atoms with E-state index in [2.05, 4.69) is 35.8 Å². The number of fused-ring (bicyclic) bond motifs is 5. The maximum absolute atomic E-state index is 12.8. The molecule has 0 radical (unpaired) electrons. The number of carbonyl (C=O) groups excluding carboxylic acids is 1. The molecule has 2 bridgehead atoms. The van der Waals surface area contributed by atoms with Crippen LogP contribution in [-0.2, 0) is 16.0 Å². The Balaban J connectivity index is 1.74. The SMILES string of the molecule is CC[C@@]12C[C@@H]3O[C@@H]1[C@@H](O)C(=O)N1CCc4c(n3c3ccccc43)[C@@H]12. The highest BCUT2D eigenvalue weighted by molar-refractivity contribution is 5.89. The fourth-order valence-corrected chi connectivity index (χ4v) is 5.99. The minimum atomic E-state index is -1.02. The van der Waals surface area contributed by atoms with Gasteiger partial charge in [-0.2, -0.15) is 0 Å². The van der Waals surface area contributed by atoms with Crippen molar-refractivity contribution < 1.29 is 14.6 Å². The van der Waals surface area contributed by atoms with E-state index in [9.17, 15) is 9.90 Å². The number of rotatable bonds is 1. The molecule has 0 aliphatic carbocycles. The molecule has 0 spiro atoms. The molecule has 5 nitrogen and oxygen atoms in total. The van der Waals surface area contributed by atoms with Gasteiger partial charge in [-0.3, -0.25) is 4.79 Å². The van der Waals surface area contributed by atoms with E-state index in [0.29, 0.717) is 6.54 Å². The Morgan fingerprint density at radius 3 is 3.04 bits per heavy atom. The summed E-state index contributed by atoms with van der Waals surface area (Å²) in [5.74, 6) is -0.154. The van der Waals surface area contributed by atoms with Crippen LogP contribution in [0.15, 0.2) is 24.3 Å². The van der Waals surface area contributed by atoms with E-state index in [-0.39, 0.29) is 29.7 Å². The third-order valence-corrected chi connectivity index (χ3v) is 6.97. The van der Waals surface area contributed by atoms with Crippen molar-refractivity contribution in [1.82, 2.24) is 9.47 Å². The van der Waals surface area contributed by atoms with Crippen LogP contribution in [0.3, 0.4) is 0 Å². The zero-order valence-corrected chi connectivity index (χ0v) is 13.6. The first-order valence-corrected chi connectivity index (χ1v) is 8.93. The smallest absolute Gasteiger partial charge is 0.254 e. The fraction of sp³-hybridized carbons (Fsp3) is 0.526. The summed E-state index contributed by atoms with van der Waals surface area (Å²) in [5, 5.41) is 11.9. The van der Waals surface area contributed by atoms with Crippen LogP contribution in [0.5, 0.6) is 0 Å².